The summed E-state index contributed by atoms with van der Waals surface area (Å²) in [5, 5.41) is 0. The number of rotatable bonds is 4. The normalized spacial score (nSPS) is 17.4. The third-order valence-corrected chi connectivity index (χ3v) is 8.45. The number of anilines is 1. The molecule has 0 spiro atoms. The number of nitrogen functional groups attached to an aromatic ring is 1. The van der Waals surface area contributed by atoms with Crippen molar-refractivity contribution in [1.29, 1.82) is 0 Å². The Labute approximate surface area is 206 Å². The Morgan fingerprint density at radius 3 is 2.49 bits per heavy atom. The molecule has 0 bridgehead atoms. The van der Waals surface area contributed by atoms with E-state index in [-0.39, 0.29) is 5.91 Å². The molecule has 9 heteroatoms. The minimum atomic E-state index is -3.26. The summed E-state index contributed by atoms with van der Waals surface area (Å²) in [6.45, 7) is 4.15. The van der Waals surface area contributed by atoms with Crippen LogP contribution in [0.3, 0.4) is 0 Å². The number of imidazole rings is 1. The van der Waals surface area contributed by atoms with E-state index in [1.165, 1.54) is 16.1 Å². The second kappa shape index (κ2) is 9.13. The van der Waals surface area contributed by atoms with Crippen LogP contribution in [0.4, 0.5) is 5.69 Å². The number of aromatic nitrogens is 2. The average Bonchev–Trinajstić information content (AvgIpc) is 3.27. The van der Waals surface area contributed by atoms with E-state index in [4.69, 9.17) is 10.7 Å². The van der Waals surface area contributed by atoms with Gasteiger partial charge >= 0.3 is 0 Å². The van der Waals surface area contributed by atoms with Crippen molar-refractivity contribution in [3.63, 3.8) is 0 Å². The molecule has 1 amide bonds. The molecule has 3 heterocycles. The van der Waals surface area contributed by atoms with Crippen LogP contribution in [-0.2, 0) is 23.0 Å². The number of nitrogens with one attached hydrogen (secondary N) is 1. The summed E-state index contributed by atoms with van der Waals surface area (Å²) in [7, 11) is -3.26. The largest absolute Gasteiger partial charge is 0.399 e. The molecule has 2 aromatic carbocycles. The number of likely N-dealkylation sites (tertiary alicyclic amines) is 1. The molecule has 0 radical (unpaired) electrons. The Morgan fingerprint density at radius 1 is 1.09 bits per heavy atom. The number of aryl methyl sites for hydroxylation is 1. The fourth-order valence-corrected chi connectivity index (χ4v) is 5.84. The first-order chi connectivity index (χ1) is 16.7. The van der Waals surface area contributed by atoms with Gasteiger partial charge in [0, 0.05) is 42.9 Å². The first-order valence-corrected chi connectivity index (χ1v) is 13.8. The molecule has 0 atom stereocenters. The molecule has 35 heavy (non-hydrogen) atoms. The first kappa shape index (κ1) is 23.6. The number of amides is 1. The van der Waals surface area contributed by atoms with Gasteiger partial charge in [0.15, 0.2) is 0 Å². The van der Waals surface area contributed by atoms with Gasteiger partial charge in [0.2, 0.25) is 10.0 Å². The highest BCUT2D eigenvalue weighted by Crippen LogP contribution is 2.31. The highest BCUT2D eigenvalue weighted by molar-refractivity contribution is 7.88. The van der Waals surface area contributed by atoms with Crippen LogP contribution in [0.1, 0.15) is 51.6 Å². The molecule has 5 rings (SSSR count). The van der Waals surface area contributed by atoms with Crippen LogP contribution < -0.4 is 5.73 Å². The monoisotopic (exact) mass is 493 g/mol. The summed E-state index contributed by atoms with van der Waals surface area (Å²) in [5.41, 5.74) is 12.1. The van der Waals surface area contributed by atoms with Crippen LogP contribution in [0, 0.1) is 6.92 Å². The van der Waals surface area contributed by atoms with Crippen molar-refractivity contribution in [2.75, 3.05) is 31.6 Å². The maximum absolute atomic E-state index is 13.3. The van der Waals surface area contributed by atoms with E-state index in [9.17, 15) is 13.2 Å². The van der Waals surface area contributed by atoms with Gasteiger partial charge in [0.25, 0.3) is 5.91 Å². The summed E-state index contributed by atoms with van der Waals surface area (Å²) in [6, 6.07) is 13.8. The maximum atomic E-state index is 13.3. The highest BCUT2D eigenvalue weighted by Gasteiger charge is 2.28. The molecule has 0 aliphatic carbocycles. The van der Waals surface area contributed by atoms with Gasteiger partial charge in [-0.3, -0.25) is 4.79 Å². The number of benzene rings is 2. The standard InChI is InChI=1S/C26H31N5O3S/c1-17-3-4-20(26(32)30-12-9-19(10-13-30)18-5-7-21(27)8-6-18)15-22(17)25-28-23-11-14-31(35(2,33)34)16-24(23)29-25/h3-8,15,19H,9-14,16,27H2,1-2H3,(H,28,29). The van der Waals surface area contributed by atoms with Gasteiger partial charge in [-0.25, -0.2) is 13.4 Å². The van der Waals surface area contributed by atoms with E-state index in [1.54, 1.807) is 0 Å². The Balaban J connectivity index is 1.32. The van der Waals surface area contributed by atoms with Crippen LogP contribution in [-0.4, -0.2) is 59.4 Å². The quantitative estimate of drug-likeness (QED) is 0.542. The second-order valence-electron chi connectivity index (χ2n) is 9.62. The van der Waals surface area contributed by atoms with Crippen molar-refractivity contribution >= 4 is 21.6 Å². The summed E-state index contributed by atoms with van der Waals surface area (Å²) >= 11 is 0. The molecular weight excluding hydrogens is 462 g/mol. The number of hydrogen-bond donors (Lipinski definition) is 2. The minimum Gasteiger partial charge on any atom is -0.399 e. The van der Waals surface area contributed by atoms with Gasteiger partial charge in [-0.1, -0.05) is 18.2 Å². The van der Waals surface area contributed by atoms with E-state index < -0.39 is 10.0 Å². The lowest BCUT2D eigenvalue weighted by Gasteiger charge is -2.32. The average molecular weight is 494 g/mol. The first-order valence-electron chi connectivity index (χ1n) is 12.0. The van der Waals surface area contributed by atoms with Gasteiger partial charge in [-0.15, -0.1) is 0 Å². The van der Waals surface area contributed by atoms with Crippen LogP contribution in [0.15, 0.2) is 42.5 Å². The van der Waals surface area contributed by atoms with Gasteiger partial charge in [-0.2, -0.15) is 4.31 Å². The maximum Gasteiger partial charge on any atom is 0.253 e. The van der Waals surface area contributed by atoms with Gasteiger partial charge in [-0.05, 0) is 61.1 Å². The molecule has 3 aromatic rings. The Kier molecular flexibility index (Phi) is 6.14. The molecule has 2 aliphatic rings. The zero-order chi connectivity index (χ0) is 24.7. The van der Waals surface area contributed by atoms with Gasteiger partial charge in [0.1, 0.15) is 5.82 Å². The molecule has 1 aromatic heterocycles. The molecule has 0 saturated carbocycles. The molecule has 1 fully saturated rings. The van der Waals surface area contributed by atoms with Crippen LogP contribution >= 0.6 is 0 Å². The number of nitrogens with zero attached hydrogens (tertiary/aromatic N) is 3. The Bertz CT molecular complexity index is 1360. The molecule has 2 aliphatic heterocycles. The number of carbonyl (C=O) groups is 1. The van der Waals surface area contributed by atoms with Crippen molar-refractivity contribution in [2.45, 2.75) is 38.6 Å². The third-order valence-electron chi connectivity index (χ3n) is 7.20. The molecular formula is C26H31N5O3S. The molecule has 8 nitrogen and oxygen atoms in total. The van der Waals surface area contributed by atoms with Crippen molar-refractivity contribution < 1.29 is 13.2 Å². The number of fused-ring (bicyclic) bond motifs is 1. The molecule has 3 N–H and O–H groups in total. The van der Waals surface area contributed by atoms with E-state index in [0.717, 1.165) is 41.0 Å². The zero-order valence-corrected chi connectivity index (χ0v) is 20.9. The van der Waals surface area contributed by atoms with Crippen molar-refractivity contribution in [2.24, 2.45) is 0 Å². The SMILES string of the molecule is Cc1ccc(C(=O)N2CCC(c3ccc(N)cc3)CC2)cc1-c1nc2c([nH]1)CN(S(C)(=O)=O)CC2. The minimum absolute atomic E-state index is 0.0292. The molecule has 0 unspecified atom stereocenters. The number of hydrogen-bond acceptors (Lipinski definition) is 5. The van der Waals surface area contributed by atoms with E-state index in [0.29, 0.717) is 49.9 Å². The topological polar surface area (TPSA) is 112 Å². The Morgan fingerprint density at radius 2 is 1.80 bits per heavy atom. The predicted molar refractivity (Wildman–Crippen MR) is 136 cm³/mol. The molecule has 1 saturated heterocycles. The van der Waals surface area contributed by atoms with Crippen molar-refractivity contribution in [3.8, 4) is 11.4 Å². The fraction of sp³-hybridized carbons (Fsp3) is 0.385. The summed E-state index contributed by atoms with van der Waals surface area (Å²) in [4.78, 5) is 23.3. The van der Waals surface area contributed by atoms with Crippen LogP contribution in [0.2, 0.25) is 0 Å². The third kappa shape index (κ3) is 4.83. The number of carbonyl (C=O) groups excluding carboxylic acids is 1. The fourth-order valence-electron chi connectivity index (χ4n) is 5.06. The second-order valence-corrected chi connectivity index (χ2v) is 11.6. The van der Waals surface area contributed by atoms with Crippen LogP contribution in [0.5, 0.6) is 0 Å². The van der Waals surface area contributed by atoms with Crippen molar-refractivity contribution in [3.05, 3.63) is 70.5 Å². The number of aromatic amines is 1. The van der Waals surface area contributed by atoms with Gasteiger partial charge in [0.05, 0.1) is 24.2 Å². The predicted octanol–water partition coefficient (Wildman–Crippen LogP) is 3.30. The van der Waals surface area contributed by atoms with E-state index in [1.807, 2.05) is 42.2 Å². The number of piperidine rings is 1. The van der Waals surface area contributed by atoms with E-state index in [2.05, 4.69) is 17.1 Å². The molecule has 184 valence electrons. The number of sulfonamides is 1. The smallest absolute Gasteiger partial charge is 0.253 e. The number of H-pyrrole nitrogens is 1. The van der Waals surface area contributed by atoms with Crippen LogP contribution in [0.25, 0.3) is 11.4 Å². The van der Waals surface area contributed by atoms with Crippen molar-refractivity contribution in [1.82, 2.24) is 19.2 Å². The Hall–Kier alpha value is -3.17. The van der Waals surface area contributed by atoms with E-state index >= 15 is 0 Å². The highest BCUT2D eigenvalue weighted by atomic mass is 32.2. The zero-order valence-electron chi connectivity index (χ0n) is 20.1. The number of nitrogens with two attached hydrogens (primary N) is 1. The summed E-state index contributed by atoms with van der Waals surface area (Å²) < 4.78 is 25.4. The summed E-state index contributed by atoms with van der Waals surface area (Å²) in [5.74, 6) is 1.15. The lowest BCUT2D eigenvalue weighted by atomic mass is 9.89. The lowest BCUT2D eigenvalue weighted by Crippen LogP contribution is -2.37. The van der Waals surface area contributed by atoms with Gasteiger partial charge < -0.3 is 15.6 Å². The summed E-state index contributed by atoms with van der Waals surface area (Å²) in [6.07, 6.45) is 3.65. The lowest BCUT2D eigenvalue weighted by molar-refractivity contribution is 0.0713.